The predicted octanol–water partition coefficient (Wildman–Crippen LogP) is 2.51. The number of hydrogen-bond donors (Lipinski definition) is 2. The van der Waals surface area contributed by atoms with Crippen LogP contribution in [0.5, 0.6) is 11.8 Å². The Balaban J connectivity index is 1.05. The summed E-state index contributed by atoms with van der Waals surface area (Å²) >= 11 is 0. The fourth-order valence-corrected chi connectivity index (χ4v) is 6.98. The molecule has 0 spiro atoms. The number of piperidine rings is 1. The zero-order valence-corrected chi connectivity index (χ0v) is 25.0. The lowest BCUT2D eigenvalue weighted by Crippen LogP contribution is -2.68. The van der Waals surface area contributed by atoms with Crippen LogP contribution in [0.3, 0.4) is 0 Å². The predicted molar refractivity (Wildman–Crippen MR) is 159 cm³/mol. The van der Waals surface area contributed by atoms with Gasteiger partial charge in [-0.2, -0.15) is 15.1 Å². The average molecular weight is 609 g/mol. The lowest BCUT2D eigenvalue weighted by molar-refractivity contribution is -0.0439. The first-order valence-corrected chi connectivity index (χ1v) is 16.9. The minimum absolute atomic E-state index is 0.0535. The second-order valence-corrected chi connectivity index (χ2v) is 14.8. The molecule has 2 N–H and O–H groups in total. The van der Waals surface area contributed by atoms with Crippen LogP contribution < -0.4 is 19.7 Å². The molecule has 8 rings (SSSR count). The van der Waals surface area contributed by atoms with Crippen molar-refractivity contribution in [3.8, 4) is 11.8 Å². The first-order chi connectivity index (χ1) is 20.7. The van der Waals surface area contributed by atoms with Crippen molar-refractivity contribution in [2.75, 3.05) is 43.3 Å². The molecule has 1 saturated heterocycles. The van der Waals surface area contributed by atoms with Gasteiger partial charge < -0.3 is 24.7 Å². The van der Waals surface area contributed by atoms with Gasteiger partial charge in [-0.3, -0.25) is 9.89 Å². The maximum absolute atomic E-state index is 13.3. The number of aromatic amines is 1. The Kier molecular flexibility index (Phi) is 6.98. The van der Waals surface area contributed by atoms with E-state index in [4.69, 9.17) is 14.5 Å². The Hall–Kier alpha value is -3.81. The zero-order chi connectivity index (χ0) is 29.8. The molecule has 43 heavy (non-hydrogen) atoms. The van der Waals surface area contributed by atoms with Gasteiger partial charge >= 0.3 is 6.01 Å². The van der Waals surface area contributed by atoms with Gasteiger partial charge in [0.1, 0.15) is 17.3 Å². The summed E-state index contributed by atoms with van der Waals surface area (Å²) in [6.07, 6.45) is 8.43. The zero-order valence-electron chi connectivity index (χ0n) is 24.2. The number of aromatic nitrogens is 5. The highest BCUT2D eigenvalue weighted by Gasteiger charge is 2.57. The van der Waals surface area contributed by atoms with Crippen LogP contribution in [0.4, 0.5) is 5.82 Å². The number of nitrogens with one attached hydrogen (secondary N) is 2. The Morgan fingerprint density at radius 2 is 1.98 bits per heavy atom. The summed E-state index contributed by atoms with van der Waals surface area (Å²) in [6.45, 7) is 6.22. The van der Waals surface area contributed by atoms with E-state index >= 15 is 0 Å². The highest BCUT2D eigenvalue weighted by molar-refractivity contribution is 7.90. The summed E-state index contributed by atoms with van der Waals surface area (Å²) < 4.78 is 34.5. The van der Waals surface area contributed by atoms with Crippen LogP contribution in [-0.4, -0.2) is 90.2 Å². The molecular weight excluding hydrogens is 572 g/mol. The van der Waals surface area contributed by atoms with E-state index in [1.54, 1.807) is 12.1 Å². The number of aliphatic imine (C=N–C) groups is 1. The molecule has 14 heteroatoms. The maximum Gasteiger partial charge on any atom is 0.319 e. The number of carbonyl (C=O) groups is 1. The Labute approximate surface area is 249 Å². The van der Waals surface area contributed by atoms with Crippen LogP contribution in [0.1, 0.15) is 60.6 Å². The third-order valence-corrected chi connectivity index (χ3v) is 9.81. The molecule has 1 amide bonds. The van der Waals surface area contributed by atoms with E-state index in [-0.39, 0.29) is 23.4 Å². The number of pyridine rings is 1. The monoisotopic (exact) mass is 608 g/mol. The largest absolute Gasteiger partial charge is 0.476 e. The molecule has 4 aliphatic carbocycles. The summed E-state index contributed by atoms with van der Waals surface area (Å²) in [6, 6.07) is 3.79. The third kappa shape index (κ3) is 5.89. The molecule has 13 nitrogen and oxygen atoms in total. The number of anilines is 1. The molecule has 3 aromatic heterocycles. The highest BCUT2D eigenvalue weighted by Crippen LogP contribution is 2.57. The smallest absolute Gasteiger partial charge is 0.319 e. The molecule has 3 aromatic rings. The molecule has 0 radical (unpaired) electrons. The summed E-state index contributed by atoms with van der Waals surface area (Å²) in [5.41, 5.74) is 1.79. The summed E-state index contributed by atoms with van der Waals surface area (Å²) in [7, 11) is -3.28. The number of H-pyrrole nitrogens is 1. The van der Waals surface area contributed by atoms with Crippen LogP contribution in [0.15, 0.2) is 23.3 Å². The first kappa shape index (κ1) is 28.0. The van der Waals surface area contributed by atoms with Crippen LogP contribution in [0, 0.1) is 17.8 Å². The van der Waals surface area contributed by atoms with Crippen molar-refractivity contribution in [2.45, 2.75) is 50.0 Å². The molecule has 228 valence electrons. The Morgan fingerprint density at radius 3 is 2.67 bits per heavy atom. The van der Waals surface area contributed by atoms with Gasteiger partial charge in [0.2, 0.25) is 0 Å². The van der Waals surface area contributed by atoms with Gasteiger partial charge in [0.05, 0.1) is 18.5 Å². The number of ether oxygens (including phenoxy) is 2. The minimum Gasteiger partial charge on any atom is -0.476 e. The van der Waals surface area contributed by atoms with Gasteiger partial charge in [0.25, 0.3) is 5.91 Å². The van der Waals surface area contributed by atoms with E-state index in [2.05, 4.69) is 42.1 Å². The third-order valence-electron chi connectivity index (χ3n) is 9.27. The van der Waals surface area contributed by atoms with Gasteiger partial charge in [0, 0.05) is 48.8 Å². The first-order valence-electron chi connectivity index (χ1n) is 14.8. The molecular formula is C29H36N8O5S. The second-order valence-electron chi connectivity index (χ2n) is 12.7. The quantitative estimate of drug-likeness (QED) is 0.292. The molecule has 1 aliphatic heterocycles. The minimum atomic E-state index is -3.28. The van der Waals surface area contributed by atoms with E-state index in [0.29, 0.717) is 54.4 Å². The number of carbonyl (C=O) groups excluding carboxylic acids is 1. The van der Waals surface area contributed by atoms with Crippen LogP contribution in [0.2, 0.25) is 0 Å². The molecule has 5 fully saturated rings. The second kappa shape index (κ2) is 10.7. The summed E-state index contributed by atoms with van der Waals surface area (Å²) in [5.74, 6) is 2.28. The van der Waals surface area contributed by atoms with Gasteiger partial charge in [0.15, 0.2) is 21.4 Å². The van der Waals surface area contributed by atoms with Crippen molar-refractivity contribution < 1.29 is 22.7 Å². The Morgan fingerprint density at radius 1 is 1.19 bits per heavy atom. The number of amides is 1. The number of hydrogen-bond acceptors (Lipinski definition) is 11. The van der Waals surface area contributed by atoms with E-state index in [1.807, 2.05) is 0 Å². The molecule has 5 aliphatic rings. The number of rotatable bonds is 12. The normalized spacial score (nSPS) is 26.3. The van der Waals surface area contributed by atoms with Crippen LogP contribution in [0.25, 0.3) is 11.0 Å². The van der Waals surface area contributed by atoms with E-state index in [9.17, 15) is 13.2 Å². The van der Waals surface area contributed by atoms with Gasteiger partial charge in [-0.05, 0) is 69.1 Å². The van der Waals surface area contributed by atoms with Crippen molar-refractivity contribution in [3.05, 3.63) is 29.7 Å². The Bertz CT molecular complexity index is 1650. The molecule has 2 atom stereocenters. The fraction of sp³-hybridized carbons (Fsp3) is 0.586. The van der Waals surface area contributed by atoms with Crippen molar-refractivity contribution in [3.63, 3.8) is 0 Å². The van der Waals surface area contributed by atoms with E-state index in [0.717, 1.165) is 68.3 Å². The fourth-order valence-electron chi connectivity index (χ4n) is 6.63. The van der Waals surface area contributed by atoms with Gasteiger partial charge in [-0.1, -0.05) is 0 Å². The topological polar surface area (TPSA) is 165 Å². The van der Waals surface area contributed by atoms with E-state index in [1.165, 1.54) is 6.20 Å². The molecule has 0 aromatic carbocycles. The molecule has 4 heterocycles. The van der Waals surface area contributed by atoms with Crippen molar-refractivity contribution in [1.29, 1.82) is 0 Å². The molecule has 4 saturated carbocycles. The lowest BCUT2D eigenvalue weighted by Gasteiger charge is -2.61. The van der Waals surface area contributed by atoms with Crippen LogP contribution in [-0.2, 0) is 9.84 Å². The maximum atomic E-state index is 13.3. The standard InChI is InChI=1S/C29H36N8O5S/c1-30-13-19-7-20(19)15-41-28-32-23(27(38)34-29-10-17(11-29)12-29)9-24(33-28)37-5-3-18(4-6-37)25-22-8-21(42-16-43(2,39)40)14-31-26(22)36-35-25/h8-9,14,17-20H,1,3-7,10-13,15-16H2,2H3,(H,34,38)(H,31,35,36)/t17?,19-,20+,29?/m0/s1. The molecule has 0 unspecified atom stereocenters. The van der Waals surface area contributed by atoms with Crippen molar-refractivity contribution in [2.24, 2.45) is 22.7 Å². The van der Waals surface area contributed by atoms with Crippen LogP contribution >= 0.6 is 0 Å². The number of nitrogens with zero attached hydrogens (tertiary/aromatic N) is 6. The number of sulfone groups is 1. The van der Waals surface area contributed by atoms with E-state index < -0.39 is 15.8 Å². The SMILES string of the molecule is C=NC[C@@H]1C[C@@H]1COc1nc(C(=O)NC23CC(C2)C3)cc(N2CCC(c3n[nH]c4ncc(OCS(C)(=O)=O)cc34)CC2)n1. The summed E-state index contributed by atoms with van der Waals surface area (Å²) in [5, 5.41) is 11.6. The average Bonchev–Trinajstić information content (AvgIpc) is 3.56. The van der Waals surface area contributed by atoms with Gasteiger partial charge in [-0.15, -0.1) is 0 Å². The lowest BCUT2D eigenvalue weighted by atomic mass is 9.50. The van der Waals surface area contributed by atoms with Gasteiger partial charge in [-0.25, -0.2) is 13.4 Å². The highest BCUT2D eigenvalue weighted by atomic mass is 32.2. The summed E-state index contributed by atoms with van der Waals surface area (Å²) in [4.78, 5) is 33.0. The van der Waals surface area contributed by atoms with Crippen molar-refractivity contribution >= 4 is 39.3 Å². The molecule has 2 bridgehead atoms. The van der Waals surface area contributed by atoms with Crippen molar-refractivity contribution in [1.82, 2.24) is 30.5 Å². The number of fused-ring (bicyclic) bond motifs is 1.